The lowest BCUT2D eigenvalue weighted by atomic mass is 9.49. The quantitative estimate of drug-likeness (QED) is 0.0903. The van der Waals surface area contributed by atoms with E-state index >= 15 is 4.79 Å². The largest absolute Gasteiger partial charge is 0.508 e. The minimum absolute atomic E-state index is 0.0291. The lowest BCUT2D eigenvalue weighted by molar-refractivity contribution is -0.138. The number of fused-ring (bicyclic) bond motifs is 4. The van der Waals surface area contributed by atoms with Crippen molar-refractivity contribution in [3.05, 3.63) is 154 Å². The number of phenols is 1. The molecule has 4 amide bonds. The fourth-order valence-corrected chi connectivity index (χ4v) is 9.92. The number of phenolic OH excluding ortho intramolecular Hbond substituents is 1. The maximum Gasteiger partial charge on any atom is 0.260 e. The van der Waals surface area contributed by atoms with E-state index in [-0.39, 0.29) is 35.1 Å². The summed E-state index contributed by atoms with van der Waals surface area (Å²) in [6, 6.07) is 30.7. The number of hydrogen-bond donors (Lipinski definition) is 2. The SMILES string of the molecule is CN(C)c1ccc(N=Nc2ccc(N3C(=O)C4CC=C5C(CC6C(=O)N(Nc7ccc(F)cc7)C(=O)C6(c6ccc(Cl)cc6)C5c5cc(Cl)ccc5O)C4C3=O)cc2)cc1. The van der Waals surface area contributed by atoms with Gasteiger partial charge in [0, 0.05) is 41.3 Å². The molecule has 2 N–H and O–H groups in total. The number of aromatic hydroxyl groups is 1. The van der Waals surface area contributed by atoms with Gasteiger partial charge in [-0.3, -0.25) is 29.5 Å². The van der Waals surface area contributed by atoms with Crippen LogP contribution in [0.3, 0.4) is 0 Å². The number of hydrogen-bond acceptors (Lipinski definition) is 9. The van der Waals surface area contributed by atoms with Gasteiger partial charge in [-0.05, 0) is 127 Å². The van der Waals surface area contributed by atoms with Gasteiger partial charge in [-0.15, -0.1) is 0 Å². The summed E-state index contributed by atoms with van der Waals surface area (Å²) in [7, 11) is 3.90. The summed E-state index contributed by atoms with van der Waals surface area (Å²) in [4.78, 5) is 62.4. The highest BCUT2D eigenvalue weighted by molar-refractivity contribution is 6.31. The molecule has 1 saturated carbocycles. The van der Waals surface area contributed by atoms with Crippen LogP contribution in [0.5, 0.6) is 5.75 Å². The molecule has 3 fully saturated rings. The van der Waals surface area contributed by atoms with Crippen molar-refractivity contribution in [3.63, 3.8) is 0 Å². The highest BCUT2D eigenvalue weighted by atomic mass is 35.5. The van der Waals surface area contributed by atoms with Crippen LogP contribution in [-0.2, 0) is 24.6 Å². The van der Waals surface area contributed by atoms with Crippen molar-refractivity contribution >= 4 is 75.3 Å². The van der Waals surface area contributed by atoms with E-state index in [1.54, 1.807) is 54.6 Å². The van der Waals surface area contributed by atoms with E-state index in [0.29, 0.717) is 38.9 Å². The highest BCUT2D eigenvalue weighted by Crippen LogP contribution is 2.65. The van der Waals surface area contributed by atoms with Crippen LogP contribution in [-0.4, -0.2) is 47.8 Å². The number of nitrogens with one attached hydrogen (secondary N) is 1. The number of allylic oxidation sites excluding steroid dienone is 2. The average molecular weight is 844 g/mol. The standard InChI is InChI=1S/C46H37Cl2FN6O5/c1-53(2)32-16-12-29(13-17-32)50-51-30-14-18-33(19-15-30)54-42(57)35-21-20-34-36(40(35)44(54)59)24-38-43(58)55(52-31-10-8-28(49)9-11-31)45(60)46(38,25-3-5-26(47)6-4-25)41(34)37-23-27(48)7-22-39(37)56/h3-20,22-23,35-36,38,40-41,52,56H,21,24H2,1-2H3. The molecule has 6 unspecified atom stereocenters. The van der Waals surface area contributed by atoms with Crippen molar-refractivity contribution in [2.24, 2.45) is 33.9 Å². The third-order valence-electron chi connectivity index (χ3n) is 12.3. The summed E-state index contributed by atoms with van der Waals surface area (Å²) in [6.07, 6.45) is 2.10. The highest BCUT2D eigenvalue weighted by Gasteiger charge is 2.70. The second kappa shape index (κ2) is 15.0. The molecule has 5 aromatic rings. The topological polar surface area (TPSA) is 135 Å². The zero-order valence-corrected chi connectivity index (χ0v) is 33.8. The number of halogens is 3. The molecule has 5 aromatic carbocycles. The van der Waals surface area contributed by atoms with Gasteiger partial charge in [-0.2, -0.15) is 15.2 Å². The number of benzene rings is 5. The van der Waals surface area contributed by atoms with Gasteiger partial charge in [-0.1, -0.05) is 47.0 Å². The zero-order valence-electron chi connectivity index (χ0n) is 32.3. The molecule has 2 aliphatic carbocycles. The van der Waals surface area contributed by atoms with Crippen molar-refractivity contribution < 1.29 is 28.7 Å². The zero-order chi connectivity index (χ0) is 42.0. The van der Waals surface area contributed by atoms with E-state index in [4.69, 9.17) is 23.2 Å². The Bertz CT molecular complexity index is 2620. The van der Waals surface area contributed by atoms with Gasteiger partial charge in [0.05, 0.1) is 45.9 Å². The fraction of sp³-hybridized carbons (Fsp3) is 0.217. The monoisotopic (exact) mass is 842 g/mol. The molecule has 2 heterocycles. The first-order chi connectivity index (χ1) is 28.9. The van der Waals surface area contributed by atoms with Crippen molar-refractivity contribution in [1.29, 1.82) is 0 Å². The van der Waals surface area contributed by atoms with E-state index in [0.717, 1.165) is 10.7 Å². The van der Waals surface area contributed by atoms with E-state index in [1.165, 1.54) is 41.3 Å². The Morgan fingerprint density at radius 3 is 2.05 bits per heavy atom. The molecule has 2 aliphatic heterocycles. The van der Waals surface area contributed by atoms with Crippen molar-refractivity contribution in [2.75, 3.05) is 29.3 Å². The predicted molar refractivity (Wildman–Crippen MR) is 226 cm³/mol. The van der Waals surface area contributed by atoms with Crippen LogP contribution < -0.4 is 15.2 Å². The van der Waals surface area contributed by atoms with E-state index in [2.05, 4.69) is 15.7 Å². The molecule has 302 valence electrons. The maximum atomic E-state index is 15.3. The summed E-state index contributed by atoms with van der Waals surface area (Å²) >= 11 is 13.0. The third-order valence-corrected chi connectivity index (χ3v) is 12.8. The first kappa shape index (κ1) is 39.1. The lowest BCUT2D eigenvalue weighted by Crippen LogP contribution is -2.53. The summed E-state index contributed by atoms with van der Waals surface area (Å²) in [5.74, 6) is -7.08. The van der Waals surface area contributed by atoms with Gasteiger partial charge in [-0.25, -0.2) is 4.39 Å². The van der Waals surface area contributed by atoms with Gasteiger partial charge in [0.25, 0.3) is 11.8 Å². The first-order valence-electron chi connectivity index (χ1n) is 19.4. The van der Waals surface area contributed by atoms with Crippen LogP contribution in [0.4, 0.5) is 32.8 Å². The molecule has 6 atom stereocenters. The number of anilines is 3. The normalized spacial score (nSPS) is 24.7. The molecule has 11 nitrogen and oxygen atoms in total. The number of nitrogens with zero attached hydrogens (tertiary/aromatic N) is 5. The second-order valence-corrected chi connectivity index (χ2v) is 16.6. The number of imide groups is 2. The van der Waals surface area contributed by atoms with E-state index < -0.39 is 58.5 Å². The summed E-state index contributed by atoms with van der Waals surface area (Å²) < 4.78 is 13.9. The molecule has 4 aliphatic rings. The third kappa shape index (κ3) is 6.33. The van der Waals surface area contributed by atoms with Gasteiger partial charge in [0.1, 0.15) is 11.6 Å². The molecule has 0 bridgehead atoms. The Labute approximate surface area is 354 Å². The number of amides is 4. The van der Waals surface area contributed by atoms with Crippen molar-refractivity contribution in [3.8, 4) is 5.75 Å². The number of azo groups is 1. The Balaban J connectivity index is 1.11. The van der Waals surface area contributed by atoms with Gasteiger partial charge >= 0.3 is 0 Å². The van der Waals surface area contributed by atoms with Crippen LogP contribution in [0.1, 0.15) is 29.9 Å². The van der Waals surface area contributed by atoms with Crippen LogP contribution in [0.25, 0.3) is 0 Å². The average Bonchev–Trinajstić information content (AvgIpc) is 3.62. The molecule has 14 heteroatoms. The lowest BCUT2D eigenvalue weighted by Gasteiger charge is -2.50. The van der Waals surface area contributed by atoms with Crippen molar-refractivity contribution in [1.82, 2.24) is 5.01 Å². The Kier molecular flexibility index (Phi) is 9.79. The molecular formula is C46H37Cl2FN6O5. The van der Waals surface area contributed by atoms with Gasteiger partial charge in [0.2, 0.25) is 11.8 Å². The Morgan fingerprint density at radius 2 is 1.40 bits per heavy atom. The molecule has 60 heavy (non-hydrogen) atoms. The Hall–Kier alpha value is -6.37. The minimum atomic E-state index is -1.67. The van der Waals surface area contributed by atoms with Crippen LogP contribution in [0.2, 0.25) is 10.0 Å². The number of carbonyl (C=O) groups excluding carboxylic acids is 4. The second-order valence-electron chi connectivity index (χ2n) is 15.7. The fourth-order valence-electron chi connectivity index (χ4n) is 9.61. The van der Waals surface area contributed by atoms with Crippen LogP contribution >= 0.6 is 23.2 Å². The number of hydrazine groups is 1. The Morgan fingerprint density at radius 1 is 0.767 bits per heavy atom. The molecule has 9 rings (SSSR count). The van der Waals surface area contributed by atoms with Crippen LogP contribution in [0, 0.1) is 29.5 Å². The number of carbonyl (C=O) groups is 4. The minimum Gasteiger partial charge on any atom is -0.508 e. The molecule has 0 radical (unpaired) electrons. The molecule has 0 spiro atoms. The van der Waals surface area contributed by atoms with Gasteiger partial charge < -0.3 is 10.0 Å². The maximum absolute atomic E-state index is 15.3. The number of rotatable bonds is 8. The van der Waals surface area contributed by atoms with Crippen LogP contribution in [0.15, 0.2) is 137 Å². The van der Waals surface area contributed by atoms with Gasteiger partial charge in [0.15, 0.2) is 0 Å². The van der Waals surface area contributed by atoms with E-state index in [1.807, 2.05) is 49.3 Å². The first-order valence-corrected chi connectivity index (χ1v) is 20.1. The van der Waals surface area contributed by atoms with E-state index in [9.17, 15) is 23.9 Å². The predicted octanol–water partition coefficient (Wildman–Crippen LogP) is 9.51. The molecule has 2 saturated heterocycles. The summed E-state index contributed by atoms with van der Waals surface area (Å²) in [5.41, 5.74) is 5.50. The summed E-state index contributed by atoms with van der Waals surface area (Å²) in [5, 5.41) is 21.9. The molecule has 0 aromatic heterocycles. The summed E-state index contributed by atoms with van der Waals surface area (Å²) in [6.45, 7) is 0. The molecular weight excluding hydrogens is 806 g/mol. The van der Waals surface area contributed by atoms with Crippen molar-refractivity contribution in [2.45, 2.75) is 24.2 Å². The smallest absolute Gasteiger partial charge is 0.260 e.